The number of halogens is 2. The first-order valence-electron chi connectivity index (χ1n) is 13.9. The van der Waals surface area contributed by atoms with E-state index in [1.165, 1.54) is 7.11 Å². The predicted octanol–water partition coefficient (Wildman–Crippen LogP) is 8.30. The Morgan fingerprint density at radius 3 is 1.78 bits per heavy atom. The molecule has 0 bridgehead atoms. The average Bonchev–Trinajstić information content (AvgIpc) is 3.24. The number of carbonyl (C=O) groups is 1. The van der Waals surface area contributed by atoms with E-state index in [1.807, 2.05) is 36.4 Å². The number of aliphatic hydroxyl groups excluding tert-OH is 1. The number of nitro groups is 1. The summed E-state index contributed by atoms with van der Waals surface area (Å²) in [6.07, 6.45) is 0. The third-order valence-corrected chi connectivity index (χ3v) is 8.36. The number of esters is 1. The molecule has 2 aliphatic rings. The molecule has 0 radical (unpaired) electrons. The minimum absolute atomic E-state index is 0. The van der Waals surface area contributed by atoms with Gasteiger partial charge in [-0.2, -0.15) is 0 Å². The minimum Gasteiger partial charge on any atom is -0.469 e. The van der Waals surface area contributed by atoms with Crippen molar-refractivity contribution in [2.24, 2.45) is 5.73 Å². The van der Waals surface area contributed by atoms with E-state index in [9.17, 15) is 20.0 Å². The van der Waals surface area contributed by atoms with Gasteiger partial charge in [0.25, 0.3) is 0 Å². The lowest BCUT2D eigenvalue weighted by molar-refractivity contribution is -0.483. The monoisotopic (exact) mass is 668 g/mol. The van der Waals surface area contributed by atoms with Gasteiger partial charge in [0, 0.05) is 49.1 Å². The number of para-hydroxylation sites is 2. The number of nitrogens with zero attached hydrogens (tertiary/aromatic N) is 1. The molecule has 0 spiro atoms. The van der Waals surface area contributed by atoms with E-state index in [4.69, 9.17) is 43.1 Å². The highest BCUT2D eigenvalue weighted by Gasteiger charge is 2.41. The number of nitrogens with two attached hydrogens (primary N) is 1. The Bertz CT molecular complexity index is 1680. The van der Waals surface area contributed by atoms with Gasteiger partial charge < -0.3 is 25.1 Å². The summed E-state index contributed by atoms with van der Waals surface area (Å²) < 4.78 is 16.8. The standard InChI is InChI=1S/C17H14ClNO5.C16H16ClNO2.2CH4/c1-23-17(20)16-11-4-2-3-5-14(11)24-15-7-6-10(18)8-12(15)13(16)9-19(21)22;17-10-5-6-16-12(7-10)13(8-18)14(9-19)11-3-1-2-4-15(11)20-16;;/h2-8,13,16H,9H2,1H3;1-7,13-14,19H,8-9,18H2;2*1H4/t13-,16-;13-,14-;;/m00../s1. The van der Waals surface area contributed by atoms with Crippen LogP contribution in [0.3, 0.4) is 0 Å². The van der Waals surface area contributed by atoms with Crippen LogP contribution < -0.4 is 15.2 Å². The predicted molar refractivity (Wildman–Crippen MR) is 180 cm³/mol. The SMILES string of the molecule is C.C.COC(=O)[C@H]1c2ccccc2Oc2ccc(Cl)cc2[C@@H]1C[N+](=O)[O-].NC[C@H]1c2cc(Cl)ccc2Oc2ccccc2[C@@H]1CO. The maximum absolute atomic E-state index is 12.4. The molecule has 2 aliphatic heterocycles. The average molecular weight is 670 g/mol. The fourth-order valence-electron chi connectivity index (χ4n) is 5.88. The Morgan fingerprint density at radius 1 is 0.804 bits per heavy atom. The van der Waals surface area contributed by atoms with Gasteiger partial charge in [-0.25, -0.2) is 0 Å². The fourth-order valence-corrected chi connectivity index (χ4v) is 6.24. The van der Waals surface area contributed by atoms with Gasteiger partial charge in [0.05, 0.1) is 25.6 Å². The lowest BCUT2D eigenvalue weighted by Crippen LogP contribution is -2.26. The summed E-state index contributed by atoms with van der Waals surface area (Å²) in [5.41, 5.74) is 8.97. The van der Waals surface area contributed by atoms with Crippen LogP contribution in [0.2, 0.25) is 10.0 Å². The molecule has 4 atom stereocenters. The van der Waals surface area contributed by atoms with Crippen molar-refractivity contribution in [2.45, 2.75) is 38.5 Å². The van der Waals surface area contributed by atoms with Crippen LogP contribution in [0, 0.1) is 10.1 Å². The van der Waals surface area contributed by atoms with Crippen molar-refractivity contribution in [1.29, 1.82) is 0 Å². The van der Waals surface area contributed by atoms with Gasteiger partial charge in [0.1, 0.15) is 23.0 Å². The number of ether oxygens (including phenoxy) is 3. The van der Waals surface area contributed by atoms with Gasteiger partial charge in [0.15, 0.2) is 0 Å². The number of hydrogen-bond donors (Lipinski definition) is 2. The first kappa shape index (κ1) is 36.3. The molecule has 0 fully saturated rings. The second-order valence-electron chi connectivity index (χ2n) is 10.4. The quantitative estimate of drug-likeness (QED) is 0.123. The molecule has 0 saturated heterocycles. The molecule has 0 amide bonds. The zero-order chi connectivity index (χ0) is 31.4. The molecule has 46 heavy (non-hydrogen) atoms. The fraction of sp³-hybridized carbons (Fsp3) is 0.286. The lowest BCUT2D eigenvalue weighted by atomic mass is 9.81. The summed E-state index contributed by atoms with van der Waals surface area (Å²) in [5.74, 6) is 0.201. The number of carbonyl (C=O) groups excluding carboxylic acids is 1. The second kappa shape index (κ2) is 15.9. The molecule has 4 aromatic rings. The van der Waals surface area contributed by atoms with Crippen molar-refractivity contribution in [3.05, 3.63) is 127 Å². The van der Waals surface area contributed by atoms with Crippen molar-refractivity contribution >= 4 is 29.2 Å². The molecular weight excluding hydrogens is 631 g/mol. The van der Waals surface area contributed by atoms with Gasteiger partial charge in [-0.3, -0.25) is 14.9 Å². The van der Waals surface area contributed by atoms with E-state index in [-0.39, 0.29) is 33.3 Å². The molecule has 2 heterocycles. The molecule has 0 aromatic heterocycles. The Kier molecular flexibility index (Phi) is 12.6. The zero-order valence-corrected chi connectivity index (χ0v) is 25.2. The van der Waals surface area contributed by atoms with Crippen molar-refractivity contribution in [3.63, 3.8) is 0 Å². The van der Waals surface area contributed by atoms with Crippen molar-refractivity contribution in [2.75, 3.05) is 26.8 Å². The molecule has 11 heteroatoms. The van der Waals surface area contributed by atoms with Crippen molar-refractivity contribution < 1.29 is 29.0 Å². The van der Waals surface area contributed by atoms with Crippen LogP contribution >= 0.6 is 23.2 Å². The maximum Gasteiger partial charge on any atom is 0.314 e. The molecule has 0 saturated carbocycles. The van der Waals surface area contributed by atoms with Gasteiger partial charge in [-0.1, -0.05) is 74.5 Å². The minimum atomic E-state index is -0.851. The molecule has 0 aliphatic carbocycles. The summed E-state index contributed by atoms with van der Waals surface area (Å²) >= 11 is 12.2. The maximum atomic E-state index is 12.4. The second-order valence-corrected chi connectivity index (χ2v) is 11.3. The van der Waals surface area contributed by atoms with E-state index in [0.717, 1.165) is 22.6 Å². The Morgan fingerprint density at radius 2 is 1.28 bits per heavy atom. The van der Waals surface area contributed by atoms with Crippen LogP contribution in [0.4, 0.5) is 0 Å². The summed E-state index contributed by atoms with van der Waals surface area (Å²) in [5, 5.41) is 22.1. The highest BCUT2D eigenvalue weighted by atomic mass is 35.5. The van der Waals surface area contributed by atoms with E-state index >= 15 is 0 Å². The summed E-state index contributed by atoms with van der Waals surface area (Å²) in [6, 6.07) is 25.2. The third kappa shape index (κ3) is 7.45. The lowest BCUT2D eigenvalue weighted by Gasteiger charge is -2.23. The first-order chi connectivity index (χ1) is 21.2. The van der Waals surface area contributed by atoms with Gasteiger partial charge in [0.2, 0.25) is 6.54 Å². The Labute approximate surface area is 279 Å². The molecule has 3 N–H and O–H groups in total. The Hall–Kier alpha value is -4.15. The van der Waals surface area contributed by atoms with Crippen LogP contribution in [0.5, 0.6) is 23.0 Å². The van der Waals surface area contributed by atoms with E-state index in [1.54, 1.807) is 48.5 Å². The van der Waals surface area contributed by atoms with Crippen LogP contribution in [0.1, 0.15) is 60.8 Å². The number of methoxy groups -OCH3 is 1. The van der Waals surface area contributed by atoms with Crippen molar-refractivity contribution in [1.82, 2.24) is 0 Å². The number of hydrogen-bond acceptors (Lipinski definition) is 8. The number of fused-ring (bicyclic) bond motifs is 4. The first-order valence-corrected chi connectivity index (χ1v) is 14.6. The third-order valence-electron chi connectivity index (χ3n) is 7.89. The van der Waals surface area contributed by atoms with Crippen LogP contribution in [-0.2, 0) is 9.53 Å². The van der Waals surface area contributed by atoms with Crippen LogP contribution in [0.15, 0.2) is 84.9 Å². The van der Waals surface area contributed by atoms with Crippen LogP contribution in [-0.4, -0.2) is 42.8 Å². The number of rotatable bonds is 5. The van der Waals surface area contributed by atoms with Gasteiger partial charge in [-0.15, -0.1) is 0 Å². The molecular formula is C35H38Cl2N2O7. The van der Waals surface area contributed by atoms with Crippen LogP contribution in [0.25, 0.3) is 0 Å². The van der Waals surface area contributed by atoms with E-state index in [0.29, 0.717) is 39.2 Å². The highest BCUT2D eigenvalue weighted by molar-refractivity contribution is 6.31. The molecule has 4 aromatic carbocycles. The number of aliphatic hydroxyl groups is 1. The smallest absolute Gasteiger partial charge is 0.314 e. The van der Waals surface area contributed by atoms with E-state index < -0.39 is 29.3 Å². The normalized spacial score (nSPS) is 18.6. The summed E-state index contributed by atoms with van der Waals surface area (Å²) in [4.78, 5) is 23.2. The largest absolute Gasteiger partial charge is 0.469 e. The van der Waals surface area contributed by atoms with E-state index in [2.05, 4.69) is 0 Å². The summed E-state index contributed by atoms with van der Waals surface area (Å²) in [6.45, 7) is 0.00919. The molecule has 244 valence electrons. The van der Waals surface area contributed by atoms with Crippen molar-refractivity contribution in [3.8, 4) is 23.0 Å². The Balaban J connectivity index is 0.000000243. The van der Waals surface area contributed by atoms with Gasteiger partial charge in [-0.05, 0) is 55.1 Å². The highest BCUT2D eigenvalue weighted by Crippen LogP contribution is 2.48. The molecule has 9 nitrogen and oxygen atoms in total. The molecule has 0 unspecified atom stereocenters. The number of benzene rings is 4. The molecule has 6 rings (SSSR count). The topological polar surface area (TPSA) is 134 Å². The van der Waals surface area contributed by atoms with Gasteiger partial charge >= 0.3 is 5.97 Å². The summed E-state index contributed by atoms with van der Waals surface area (Å²) in [7, 11) is 1.26. The zero-order valence-electron chi connectivity index (χ0n) is 23.7.